The Balaban J connectivity index is 1.47. The highest BCUT2D eigenvalue weighted by atomic mass is 32.2. The highest BCUT2D eigenvalue weighted by molar-refractivity contribution is 7.99. The van der Waals surface area contributed by atoms with Gasteiger partial charge in [0.05, 0.1) is 0 Å². The van der Waals surface area contributed by atoms with Crippen LogP contribution in [-0.4, -0.2) is 74.9 Å². The van der Waals surface area contributed by atoms with E-state index < -0.39 is 41.9 Å². The van der Waals surface area contributed by atoms with Gasteiger partial charge >= 0.3 is 5.97 Å². The Kier molecular flexibility index (Phi) is 12.4. The van der Waals surface area contributed by atoms with Gasteiger partial charge < -0.3 is 36.2 Å². The number of unbranched alkanes of at least 4 members (excludes halogenated alkanes) is 1. The number of carboxylic acid groups (broad SMARTS) is 1. The van der Waals surface area contributed by atoms with Crippen molar-refractivity contribution in [2.45, 2.75) is 87.8 Å². The Morgan fingerprint density at radius 2 is 1.70 bits per heavy atom. The van der Waals surface area contributed by atoms with Gasteiger partial charge in [-0.15, -0.1) is 11.8 Å². The van der Waals surface area contributed by atoms with E-state index in [0.717, 1.165) is 40.7 Å². The Bertz CT molecular complexity index is 1110. The molecule has 9 nitrogen and oxygen atoms in total. The van der Waals surface area contributed by atoms with Crippen LogP contribution in [0.5, 0.6) is 0 Å². The number of amides is 1. The van der Waals surface area contributed by atoms with Crippen molar-refractivity contribution in [3.8, 4) is 0 Å². The van der Waals surface area contributed by atoms with E-state index in [0.29, 0.717) is 38.6 Å². The molecule has 0 radical (unpaired) electrons. The normalized spacial score (nSPS) is 23.5. The van der Waals surface area contributed by atoms with Crippen molar-refractivity contribution < 1.29 is 34.8 Å². The Morgan fingerprint density at radius 3 is 2.38 bits per heavy atom. The number of aliphatic hydroxyl groups is 3. The summed E-state index contributed by atoms with van der Waals surface area (Å²) < 4.78 is 5.93. The molecule has 0 saturated carbocycles. The molecule has 0 bridgehead atoms. The third-order valence-electron chi connectivity index (χ3n) is 7.37. The van der Waals surface area contributed by atoms with Gasteiger partial charge in [0.25, 0.3) is 0 Å². The number of rotatable bonds is 14. The van der Waals surface area contributed by atoms with Gasteiger partial charge in [0.2, 0.25) is 5.91 Å². The second kappa shape index (κ2) is 15.5. The second-order valence-corrected chi connectivity index (χ2v) is 11.4. The minimum atomic E-state index is -1.28. The third kappa shape index (κ3) is 9.02. The molecule has 6 atom stereocenters. The van der Waals surface area contributed by atoms with Crippen LogP contribution in [0.2, 0.25) is 0 Å². The van der Waals surface area contributed by atoms with Crippen LogP contribution in [0.15, 0.2) is 42.5 Å². The average molecular weight is 575 g/mol. The molecular formula is C30H42N2O7S. The van der Waals surface area contributed by atoms with Crippen LogP contribution in [0.25, 0.3) is 0 Å². The molecule has 1 fully saturated rings. The Morgan fingerprint density at radius 1 is 1.00 bits per heavy atom. The molecule has 2 aromatic carbocycles. The molecule has 1 unspecified atom stereocenters. The zero-order valence-electron chi connectivity index (χ0n) is 23.2. The molecule has 1 aliphatic rings. The summed E-state index contributed by atoms with van der Waals surface area (Å²) in [5.74, 6) is -1.01. The third-order valence-corrected chi connectivity index (χ3v) is 8.23. The van der Waals surface area contributed by atoms with Crippen LogP contribution in [-0.2, 0) is 27.2 Å². The molecule has 1 heterocycles. The second-order valence-electron chi connectivity index (χ2n) is 10.5. The number of nitrogens with two attached hydrogens (primary N) is 1. The van der Waals surface area contributed by atoms with Gasteiger partial charge in [-0.3, -0.25) is 9.59 Å². The average Bonchev–Trinajstić information content (AvgIpc) is 2.94. The molecule has 1 saturated heterocycles. The van der Waals surface area contributed by atoms with Crippen LogP contribution in [0.4, 0.5) is 0 Å². The lowest BCUT2D eigenvalue weighted by Gasteiger charge is -2.40. The molecule has 10 heteroatoms. The number of aliphatic hydroxyl groups excluding tert-OH is 3. The number of nitrogens with one attached hydrogen (secondary N) is 1. The lowest BCUT2D eigenvalue weighted by molar-refractivity contribution is -0.200. The molecule has 2 aromatic rings. The van der Waals surface area contributed by atoms with E-state index in [4.69, 9.17) is 15.6 Å². The minimum absolute atomic E-state index is 0.00699. The van der Waals surface area contributed by atoms with Crippen molar-refractivity contribution in [1.82, 2.24) is 5.32 Å². The standard InChI is InChI=1S/C30H42N2O7S/c1-18-9-14-21(28-26(35)25(34)27(36)30(39-28)40-2)17-22(18)16-20-12-10-19(11-13-20)6-5-8-24(33)32-15-4-3-7-23(31)29(37)38/h9-14,17,23,25-28,30,34-36H,3-8,15-16,31H2,1-2H3,(H,32,33)(H,37,38)/t23?,25-,26-,27+,28+,30-/m1/s1. The summed E-state index contributed by atoms with van der Waals surface area (Å²) in [5.41, 5.74) is 10.1. The van der Waals surface area contributed by atoms with E-state index in [1.807, 2.05) is 25.1 Å². The molecule has 0 aromatic heterocycles. The molecule has 40 heavy (non-hydrogen) atoms. The molecule has 3 rings (SSSR count). The lowest BCUT2D eigenvalue weighted by atomic mass is 9.91. The maximum Gasteiger partial charge on any atom is 0.320 e. The SMILES string of the molecule is CS[C@H]1O[C@@H](c2ccc(C)c(Cc3ccc(CCCC(=O)NCCCCC(N)C(=O)O)cc3)c2)[C@H](O)[C@@H](O)[C@@H]1O. The molecule has 0 spiro atoms. The molecule has 1 amide bonds. The van der Waals surface area contributed by atoms with Crippen LogP contribution in [0.3, 0.4) is 0 Å². The largest absolute Gasteiger partial charge is 0.480 e. The van der Waals surface area contributed by atoms with Gasteiger partial charge in [-0.05, 0) is 79.5 Å². The van der Waals surface area contributed by atoms with Gasteiger partial charge in [-0.25, -0.2) is 0 Å². The van der Waals surface area contributed by atoms with Gasteiger partial charge in [-0.2, -0.15) is 0 Å². The van der Waals surface area contributed by atoms with E-state index in [9.17, 15) is 24.9 Å². The lowest BCUT2D eigenvalue weighted by Crippen LogP contribution is -2.52. The summed E-state index contributed by atoms with van der Waals surface area (Å²) >= 11 is 1.30. The van der Waals surface area contributed by atoms with Crippen molar-refractivity contribution in [3.05, 3.63) is 70.3 Å². The minimum Gasteiger partial charge on any atom is -0.480 e. The quantitative estimate of drug-likeness (QED) is 0.186. The molecule has 220 valence electrons. The van der Waals surface area contributed by atoms with Crippen LogP contribution in [0.1, 0.15) is 66.0 Å². The van der Waals surface area contributed by atoms with Crippen molar-refractivity contribution in [2.75, 3.05) is 12.8 Å². The summed E-state index contributed by atoms with van der Waals surface area (Å²) in [4.78, 5) is 22.8. The van der Waals surface area contributed by atoms with Gasteiger partial charge in [0, 0.05) is 13.0 Å². The number of thioether (sulfide) groups is 1. The zero-order chi connectivity index (χ0) is 29.2. The molecule has 7 N–H and O–H groups in total. The van der Waals surface area contributed by atoms with E-state index in [1.165, 1.54) is 11.8 Å². The van der Waals surface area contributed by atoms with Crippen molar-refractivity contribution in [2.24, 2.45) is 5.73 Å². The zero-order valence-corrected chi connectivity index (χ0v) is 24.0. The number of carbonyl (C=O) groups is 2. The van der Waals surface area contributed by atoms with Gasteiger partial charge in [-0.1, -0.05) is 42.5 Å². The number of aryl methyl sites for hydroxylation is 2. The van der Waals surface area contributed by atoms with Crippen molar-refractivity contribution in [3.63, 3.8) is 0 Å². The number of ether oxygens (including phenoxy) is 1. The van der Waals surface area contributed by atoms with Crippen molar-refractivity contribution in [1.29, 1.82) is 0 Å². The first-order valence-corrected chi connectivity index (χ1v) is 15.0. The fourth-order valence-electron chi connectivity index (χ4n) is 4.80. The monoisotopic (exact) mass is 574 g/mol. The van der Waals surface area contributed by atoms with Gasteiger partial charge in [0.15, 0.2) is 0 Å². The maximum absolute atomic E-state index is 12.1. The molecule has 1 aliphatic heterocycles. The van der Waals surface area contributed by atoms with Gasteiger partial charge in [0.1, 0.15) is 35.9 Å². The Labute approximate surface area is 240 Å². The highest BCUT2D eigenvalue weighted by Crippen LogP contribution is 2.36. The first-order valence-electron chi connectivity index (χ1n) is 13.8. The fourth-order valence-corrected chi connectivity index (χ4v) is 5.47. The number of hydrogen-bond donors (Lipinski definition) is 6. The van der Waals surface area contributed by atoms with Crippen LogP contribution >= 0.6 is 11.8 Å². The highest BCUT2D eigenvalue weighted by Gasteiger charge is 2.44. The number of benzene rings is 2. The van der Waals surface area contributed by atoms with Crippen LogP contribution < -0.4 is 11.1 Å². The Hall–Kier alpha value is -2.47. The smallest absolute Gasteiger partial charge is 0.320 e. The first kappa shape index (κ1) is 32.0. The fraction of sp³-hybridized carbons (Fsp3) is 0.533. The number of carboxylic acids is 1. The van der Waals surface area contributed by atoms with Crippen molar-refractivity contribution >= 4 is 23.6 Å². The summed E-state index contributed by atoms with van der Waals surface area (Å²) in [6, 6.07) is 13.3. The van der Waals surface area contributed by atoms with Crippen LogP contribution in [0, 0.1) is 6.92 Å². The molecular weight excluding hydrogens is 532 g/mol. The number of aliphatic carboxylic acids is 1. The van der Waals surface area contributed by atoms with E-state index in [1.54, 1.807) is 6.26 Å². The summed E-state index contributed by atoms with van der Waals surface area (Å²) in [6.45, 7) is 2.55. The summed E-state index contributed by atoms with van der Waals surface area (Å²) in [7, 11) is 0. The predicted octanol–water partition coefficient (Wildman–Crippen LogP) is 2.45. The number of carbonyl (C=O) groups excluding carboxylic acids is 1. The predicted molar refractivity (Wildman–Crippen MR) is 155 cm³/mol. The first-order chi connectivity index (χ1) is 19.1. The van der Waals surface area contributed by atoms with E-state index >= 15 is 0 Å². The molecule has 0 aliphatic carbocycles. The summed E-state index contributed by atoms with van der Waals surface area (Å²) in [5, 5.41) is 42.7. The van der Waals surface area contributed by atoms with E-state index in [2.05, 4.69) is 29.6 Å². The maximum atomic E-state index is 12.1. The topological polar surface area (TPSA) is 162 Å². The number of hydrogen-bond acceptors (Lipinski definition) is 8. The summed E-state index contributed by atoms with van der Waals surface area (Å²) in [6.07, 6.45) is 1.81. The van der Waals surface area contributed by atoms with E-state index in [-0.39, 0.29) is 5.91 Å².